The van der Waals surface area contributed by atoms with Crippen LogP contribution >= 0.6 is 0 Å². The van der Waals surface area contributed by atoms with Gasteiger partial charge in [-0.2, -0.15) is 0 Å². The first-order valence-corrected chi connectivity index (χ1v) is 12.2. The number of nitrogens with one attached hydrogen (secondary N) is 2. The lowest BCUT2D eigenvalue weighted by molar-refractivity contribution is 0.0117. The molecule has 0 spiro atoms. The lowest BCUT2D eigenvalue weighted by Gasteiger charge is -2.33. The Morgan fingerprint density at radius 1 is 1.00 bits per heavy atom. The van der Waals surface area contributed by atoms with E-state index in [1.54, 1.807) is 24.3 Å². The first-order chi connectivity index (χ1) is 15.9. The summed E-state index contributed by atoms with van der Waals surface area (Å²) in [6.07, 6.45) is 0. The van der Waals surface area contributed by atoms with Gasteiger partial charge in [0.05, 0.1) is 24.2 Å². The molecule has 1 aliphatic heterocycles. The first-order valence-electron chi connectivity index (χ1n) is 10.8. The molecule has 1 fully saturated rings. The average molecular weight is 470 g/mol. The van der Waals surface area contributed by atoms with Crippen molar-refractivity contribution in [1.82, 2.24) is 10.2 Å². The molecule has 0 radical (unpaired) electrons. The van der Waals surface area contributed by atoms with E-state index in [2.05, 4.69) is 14.9 Å². The number of benzene rings is 2. The third-order valence-electron chi connectivity index (χ3n) is 5.48. The number of morpholine rings is 1. The fraction of sp³-hybridized carbons (Fsp3) is 0.292. The Morgan fingerprint density at radius 2 is 1.70 bits per heavy atom. The van der Waals surface area contributed by atoms with E-state index in [0.717, 1.165) is 24.6 Å². The van der Waals surface area contributed by atoms with Crippen LogP contribution in [0.5, 0.6) is 0 Å². The van der Waals surface area contributed by atoms with E-state index in [9.17, 15) is 13.2 Å². The summed E-state index contributed by atoms with van der Waals surface area (Å²) in [5.74, 6) is 1.33. The van der Waals surface area contributed by atoms with Gasteiger partial charge in [0, 0.05) is 30.9 Å². The van der Waals surface area contributed by atoms with Gasteiger partial charge in [0.1, 0.15) is 11.5 Å². The number of nitrogens with zero attached hydrogens (tertiary/aromatic N) is 1. The van der Waals surface area contributed by atoms with Gasteiger partial charge < -0.3 is 14.5 Å². The zero-order chi connectivity index (χ0) is 23.3. The summed E-state index contributed by atoms with van der Waals surface area (Å²) in [5, 5.41) is 2.96. The quantitative estimate of drug-likeness (QED) is 0.526. The van der Waals surface area contributed by atoms with Crippen LogP contribution in [0.25, 0.3) is 0 Å². The largest absolute Gasteiger partial charge is 0.465 e. The molecule has 9 heteroatoms. The molecule has 0 saturated carbocycles. The zero-order valence-electron chi connectivity index (χ0n) is 18.4. The number of furan rings is 1. The van der Waals surface area contributed by atoms with Gasteiger partial charge in [-0.3, -0.25) is 14.4 Å². The average Bonchev–Trinajstić information content (AvgIpc) is 3.26. The summed E-state index contributed by atoms with van der Waals surface area (Å²) in [5.41, 5.74) is 0.853. The fourth-order valence-electron chi connectivity index (χ4n) is 3.73. The van der Waals surface area contributed by atoms with E-state index in [1.165, 1.54) is 24.3 Å². The van der Waals surface area contributed by atoms with Gasteiger partial charge in [0.15, 0.2) is 0 Å². The zero-order valence-corrected chi connectivity index (χ0v) is 19.2. The van der Waals surface area contributed by atoms with E-state index >= 15 is 0 Å². The molecular weight excluding hydrogens is 442 g/mol. The van der Waals surface area contributed by atoms with E-state index in [1.807, 2.05) is 25.1 Å². The van der Waals surface area contributed by atoms with Gasteiger partial charge in [-0.15, -0.1) is 0 Å². The molecule has 174 valence electrons. The Hall–Kier alpha value is -3.14. The van der Waals surface area contributed by atoms with Gasteiger partial charge >= 0.3 is 0 Å². The number of ether oxygens (including phenoxy) is 1. The predicted octanol–water partition coefficient (Wildman–Crippen LogP) is 3.19. The molecule has 2 heterocycles. The molecule has 4 rings (SSSR count). The molecule has 2 N–H and O–H groups in total. The third kappa shape index (κ3) is 5.81. The molecule has 2 aromatic carbocycles. The van der Waals surface area contributed by atoms with Gasteiger partial charge in [-0.1, -0.05) is 18.2 Å². The van der Waals surface area contributed by atoms with E-state index in [4.69, 9.17) is 9.15 Å². The van der Waals surface area contributed by atoms with Gasteiger partial charge in [-0.25, -0.2) is 8.42 Å². The second-order valence-corrected chi connectivity index (χ2v) is 9.50. The molecule has 1 atom stereocenters. The number of rotatable bonds is 8. The minimum absolute atomic E-state index is 0.0835. The highest BCUT2D eigenvalue weighted by Crippen LogP contribution is 2.23. The third-order valence-corrected chi connectivity index (χ3v) is 6.88. The molecule has 1 aliphatic rings. The van der Waals surface area contributed by atoms with Crippen molar-refractivity contribution in [1.29, 1.82) is 0 Å². The molecule has 1 amide bonds. The summed E-state index contributed by atoms with van der Waals surface area (Å²) in [4.78, 5) is 15.1. The lowest BCUT2D eigenvalue weighted by atomic mass is 10.1. The Labute approximate surface area is 193 Å². The summed E-state index contributed by atoms with van der Waals surface area (Å²) in [7, 11) is -3.74. The number of sulfonamides is 1. The van der Waals surface area contributed by atoms with Gasteiger partial charge in [0.25, 0.3) is 15.9 Å². The van der Waals surface area contributed by atoms with Crippen LogP contribution in [0.4, 0.5) is 5.69 Å². The summed E-state index contributed by atoms with van der Waals surface area (Å²) in [6.45, 7) is 5.03. The van der Waals surface area contributed by atoms with E-state index in [0.29, 0.717) is 31.0 Å². The van der Waals surface area contributed by atoms with Crippen LogP contribution in [0.2, 0.25) is 0 Å². The highest BCUT2D eigenvalue weighted by Gasteiger charge is 2.26. The molecule has 1 aromatic heterocycles. The number of hydrogen-bond acceptors (Lipinski definition) is 6. The van der Waals surface area contributed by atoms with Crippen LogP contribution in [-0.2, 0) is 14.8 Å². The van der Waals surface area contributed by atoms with Crippen molar-refractivity contribution in [3.8, 4) is 0 Å². The minimum atomic E-state index is -3.74. The van der Waals surface area contributed by atoms with Crippen LogP contribution in [0.3, 0.4) is 0 Å². The predicted molar refractivity (Wildman–Crippen MR) is 125 cm³/mol. The van der Waals surface area contributed by atoms with Crippen molar-refractivity contribution >= 4 is 21.6 Å². The molecule has 3 aromatic rings. The van der Waals surface area contributed by atoms with Crippen LogP contribution in [-0.4, -0.2) is 52.1 Å². The summed E-state index contributed by atoms with van der Waals surface area (Å²) < 4.78 is 39.0. The van der Waals surface area contributed by atoms with Crippen molar-refractivity contribution in [3.63, 3.8) is 0 Å². The maximum atomic E-state index is 12.8. The molecule has 33 heavy (non-hydrogen) atoms. The van der Waals surface area contributed by atoms with Crippen molar-refractivity contribution in [2.24, 2.45) is 0 Å². The normalized spacial score (nSPS) is 15.7. The standard InChI is InChI=1S/C24H27N3O5S/c1-18-7-12-23(32-18)22(27-13-15-31-16-14-27)17-25-24(28)19-8-10-21(11-9-19)33(29,30)26-20-5-3-2-4-6-20/h2-12,22,26H,13-17H2,1H3,(H,25,28). The number of hydrogen-bond donors (Lipinski definition) is 2. The van der Waals surface area contributed by atoms with Crippen LogP contribution in [0, 0.1) is 6.92 Å². The van der Waals surface area contributed by atoms with Crippen molar-refractivity contribution in [3.05, 3.63) is 83.8 Å². The van der Waals surface area contributed by atoms with Crippen LogP contribution in [0.15, 0.2) is 76.0 Å². The molecule has 0 aliphatic carbocycles. The molecule has 8 nitrogen and oxygen atoms in total. The SMILES string of the molecule is Cc1ccc(C(CNC(=O)c2ccc(S(=O)(=O)Nc3ccccc3)cc2)N2CCOCC2)o1. The minimum Gasteiger partial charge on any atom is -0.465 e. The maximum Gasteiger partial charge on any atom is 0.261 e. The molecular formula is C24H27N3O5S. The number of carbonyl (C=O) groups excluding carboxylic acids is 1. The molecule has 0 bridgehead atoms. The van der Waals surface area contributed by atoms with Gasteiger partial charge in [0.2, 0.25) is 0 Å². The molecule has 1 unspecified atom stereocenters. The Balaban J connectivity index is 1.42. The fourth-order valence-corrected chi connectivity index (χ4v) is 4.79. The second-order valence-electron chi connectivity index (χ2n) is 7.82. The second kappa shape index (κ2) is 10.2. The number of amides is 1. The number of carbonyl (C=O) groups is 1. The number of para-hydroxylation sites is 1. The van der Waals surface area contributed by atoms with Gasteiger partial charge in [-0.05, 0) is 55.5 Å². The lowest BCUT2D eigenvalue weighted by Crippen LogP contribution is -2.43. The maximum absolute atomic E-state index is 12.8. The highest BCUT2D eigenvalue weighted by molar-refractivity contribution is 7.92. The van der Waals surface area contributed by atoms with Crippen molar-refractivity contribution in [2.45, 2.75) is 17.9 Å². The number of anilines is 1. The summed E-state index contributed by atoms with van der Waals surface area (Å²) >= 11 is 0. The highest BCUT2D eigenvalue weighted by atomic mass is 32.2. The van der Waals surface area contributed by atoms with Crippen molar-refractivity contribution in [2.75, 3.05) is 37.6 Å². The Morgan fingerprint density at radius 3 is 2.33 bits per heavy atom. The first kappa shape index (κ1) is 23.0. The Bertz CT molecular complexity index is 1170. The van der Waals surface area contributed by atoms with Crippen LogP contribution < -0.4 is 10.0 Å². The topological polar surface area (TPSA) is 101 Å². The molecule has 1 saturated heterocycles. The summed E-state index contributed by atoms with van der Waals surface area (Å²) in [6, 6.07) is 18.3. The Kier molecular flexibility index (Phi) is 7.12. The monoisotopic (exact) mass is 469 g/mol. The van der Waals surface area contributed by atoms with Crippen molar-refractivity contribution < 1.29 is 22.4 Å². The number of aryl methyl sites for hydroxylation is 1. The van der Waals surface area contributed by atoms with Crippen LogP contribution in [0.1, 0.15) is 27.9 Å². The van der Waals surface area contributed by atoms with E-state index in [-0.39, 0.29) is 16.8 Å². The smallest absolute Gasteiger partial charge is 0.261 e. The van der Waals surface area contributed by atoms with E-state index < -0.39 is 10.0 Å².